The number of aromatic carboxylic acids is 1. The summed E-state index contributed by atoms with van der Waals surface area (Å²) in [6.07, 6.45) is 2.53. The van der Waals surface area contributed by atoms with Crippen LogP contribution in [0.15, 0.2) is 22.9 Å². The van der Waals surface area contributed by atoms with Crippen LogP contribution in [0, 0.1) is 6.92 Å². The van der Waals surface area contributed by atoms with Crippen LogP contribution in [0.25, 0.3) is 0 Å². The topological polar surface area (TPSA) is 40.5 Å². The SMILES string of the molecule is Cc1sc(C(=O)O)cc1CN(Cc1ccsc1)C1CC1. The first-order chi connectivity index (χ1) is 9.63. The molecular formula is C15H17NO2S2. The average molecular weight is 307 g/mol. The fraction of sp³-hybridized carbons (Fsp3) is 0.400. The molecule has 0 radical (unpaired) electrons. The number of aryl methyl sites for hydroxylation is 1. The molecule has 2 aromatic rings. The molecule has 106 valence electrons. The van der Waals surface area contributed by atoms with Gasteiger partial charge in [0, 0.05) is 24.0 Å². The fourth-order valence-corrected chi connectivity index (χ4v) is 3.90. The van der Waals surface area contributed by atoms with Gasteiger partial charge in [-0.3, -0.25) is 4.90 Å². The highest BCUT2D eigenvalue weighted by Gasteiger charge is 2.29. The largest absolute Gasteiger partial charge is 0.477 e. The van der Waals surface area contributed by atoms with Crippen molar-refractivity contribution in [3.05, 3.63) is 43.8 Å². The summed E-state index contributed by atoms with van der Waals surface area (Å²) in [6.45, 7) is 3.84. The molecular weight excluding hydrogens is 290 g/mol. The van der Waals surface area contributed by atoms with Crippen LogP contribution in [0.1, 0.15) is 38.5 Å². The lowest BCUT2D eigenvalue weighted by molar-refractivity contribution is 0.0702. The van der Waals surface area contributed by atoms with E-state index in [9.17, 15) is 4.79 Å². The van der Waals surface area contributed by atoms with Crippen molar-refractivity contribution in [2.24, 2.45) is 0 Å². The van der Waals surface area contributed by atoms with Gasteiger partial charge < -0.3 is 5.11 Å². The van der Waals surface area contributed by atoms with Crippen LogP contribution in [0.3, 0.4) is 0 Å². The number of carbonyl (C=O) groups is 1. The molecule has 20 heavy (non-hydrogen) atoms. The number of rotatable bonds is 6. The molecule has 0 atom stereocenters. The van der Waals surface area contributed by atoms with Crippen molar-refractivity contribution in [2.75, 3.05) is 0 Å². The maximum absolute atomic E-state index is 11.1. The van der Waals surface area contributed by atoms with Crippen LogP contribution < -0.4 is 0 Å². The molecule has 0 aliphatic heterocycles. The molecule has 3 nitrogen and oxygen atoms in total. The van der Waals surface area contributed by atoms with E-state index in [4.69, 9.17) is 5.11 Å². The minimum atomic E-state index is -0.819. The smallest absolute Gasteiger partial charge is 0.345 e. The number of nitrogens with zero attached hydrogens (tertiary/aromatic N) is 1. The fourth-order valence-electron chi connectivity index (χ4n) is 2.37. The zero-order chi connectivity index (χ0) is 14.1. The Bertz CT molecular complexity index is 599. The molecule has 0 bridgehead atoms. The van der Waals surface area contributed by atoms with E-state index in [-0.39, 0.29) is 0 Å². The minimum absolute atomic E-state index is 0.448. The van der Waals surface area contributed by atoms with E-state index in [0.29, 0.717) is 10.9 Å². The molecule has 5 heteroatoms. The van der Waals surface area contributed by atoms with Crippen LogP contribution in [0.2, 0.25) is 0 Å². The molecule has 2 heterocycles. The highest BCUT2D eigenvalue weighted by atomic mass is 32.1. The molecule has 0 spiro atoms. The maximum atomic E-state index is 11.1. The summed E-state index contributed by atoms with van der Waals surface area (Å²) in [4.78, 5) is 15.1. The summed E-state index contributed by atoms with van der Waals surface area (Å²) in [5, 5.41) is 13.4. The number of hydrogen-bond donors (Lipinski definition) is 1. The highest BCUT2D eigenvalue weighted by Crippen LogP contribution is 2.32. The summed E-state index contributed by atoms with van der Waals surface area (Å²) < 4.78 is 0. The highest BCUT2D eigenvalue weighted by molar-refractivity contribution is 7.14. The van der Waals surface area contributed by atoms with E-state index in [0.717, 1.165) is 23.5 Å². The Kier molecular flexibility index (Phi) is 3.92. The number of carboxylic acids is 1. The summed E-state index contributed by atoms with van der Waals surface area (Å²) >= 11 is 3.11. The van der Waals surface area contributed by atoms with Crippen molar-refractivity contribution >= 4 is 28.6 Å². The Morgan fingerprint density at radius 2 is 2.25 bits per heavy atom. The maximum Gasteiger partial charge on any atom is 0.345 e. The van der Waals surface area contributed by atoms with Gasteiger partial charge in [0.15, 0.2) is 0 Å². The third-order valence-corrected chi connectivity index (χ3v) is 5.45. The van der Waals surface area contributed by atoms with Gasteiger partial charge in [-0.25, -0.2) is 4.79 Å². The Labute approximate surface area is 126 Å². The zero-order valence-corrected chi connectivity index (χ0v) is 13.0. The van der Waals surface area contributed by atoms with Crippen LogP contribution >= 0.6 is 22.7 Å². The molecule has 1 N–H and O–H groups in total. The number of carboxylic acid groups (broad SMARTS) is 1. The van der Waals surface area contributed by atoms with Crippen LogP contribution in [-0.2, 0) is 13.1 Å². The zero-order valence-electron chi connectivity index (χ0n) is 11.3. The summed E-state index contributed by atoms with van der Waals surface area (Å²) in [7, 11) is 0. The molecule has 0 saturated heterocycles. The monoisotopic (exact) mass is 307 g/mol. The molecule has 1 fully saturated rings. The standard InChI is InChI=1S/C15H17NO2S2/c1-10-12(6-14(20-10)15(17)18)8-16(13-2-3-13)7-11-4-5-19-9-11/h4-6,9,13H,2-3,7-8H2,1H3,(H,17,18). The second-order valence-electron chi connectivity index (χ2n) is 5.26. The van der Waals surface area contributed by atoms with Crippen LogP contribution in [0.5, 0.6) is 0 Å². The number of thiophene rings is 2. The Hall–Kier alpha value is -1.17. The second-order valence-corrected chi connectivity index (χ2v) is 7.30. The molecule has 0 amide bonds. The normalized spacial score (nSPS) is 14.9. The van der Waals surface area contributed by atoms with E-state index >= 15 is 0 Å². The molecule has 3 rings (SSSR count). The van der Waals surface area contributed by atoms with Crippen molar-refractivity contribution in [2.45, 2.75) is 38.9 Å². The van der Waals surface area contributed by atoms with Crippen LogP contribution in [0.4, 0.5) is 0 Å². The van der Waals surface area contributed by atoms with Crippen molar-refractivity contribution < 1.29 is 9.90 Å². The Balaban J connectivity index is 1.74. The Morgan fingerprint density at radius 3 is 2.80 bits per heavy atom. The van der Waals surface area contributed by atoms with Gasteiger partial charge in [0.05, 0.1) is 0 Å². The predicted molar refractivity (Wildman–Crippen MR) is 82.6 cm³/mol. The van der Waals surface area contributed by atoms with E-state index in [2.05, 4.69) is 21.7 Å². The third kappa shape index (κ3) is 3.11. The molecule has 1 aliphatic carbocycles. The lowest BCUT2D eigenvalue weighted by Crippen LogP contribution is -2.24. The van der Waals surface area contributed by atoms with Gasteiger partial charge >= 0.3 is 5.97 Å². The average Bonchev–Trinajstić information content (AvgIpc) is 3.01. The van der Waals surface area contributed by atoms with Crippen LogP contribution in [-0.4, -0.2) is 22.0 Å². The van der Waals surface area contributed by atoms with E-state index in [1.54, 1.807) is 11.3 Å². The first kappa shape index (κ1) is 13.8. The van der Waals surface area contributed by atoms with Crippen molar-refractivity contribution in [3.8, 4) is 0 Å². The second kappa shape index (κ2) is 5.68. The van der Waals surface area contributed by atoms with Gasteiger partial charge in [-0.05, 0) is 53.8 Å². The van der Waals surface area contributed by atoms with Gasteiger partial charge in [0.1, 0.15) is 4.88 Å². The lowest BCUT2D eigenvalue weighted by Gasteiger charge is -2.21. The van der Waals surface area contributed by atoms with E-state index < -0.39 is 5.97 Å². The van der Waals surface area contributed by atoms with E-state index in [1.807, 2.05) is 13.0 Å². The summed E-state index contributed by atoms with van der Waals surface area (Å²) in [5.41, 5.74) is 2.52. The quantitative estimate of drug-likeness (QED) is 0.877. The lowest BCUT2D eigenvalue weighted by atomic mass is 10.2. The summed E-state index contributed by atoms with van der Waals surface area (Å²) in [5.74, 6) is -0.819. The van der Waals surface area contributed by atoms with Gasteiger partial charge in [-0.15, -0.1) is 11.3 Å². The van der Waals surface area contributed by atoms with Crippen molar-refractivity contribution in [1.29, 1.82) is 0 Å². The van der Waals surface area contributed by atoms with Gasteiger partial charge in [0.2, 0.25) is 0 Å². The summed E-state index contributed by atoms with van der Waals surface area (Å²) in [6, 6.07) is 4.68. The van der Waals surface area contributed by atoms with Crippen molar-refractivity contribution in [3.63, 3.8) is 0 Å². The van der Waals surface area contributed by atoms with Gasteiger partial charge in [-0.1, -0.05) is 0 Å². The molecule has 2 aromatic heterocycles. The van der Waals surface area contributed by atoms with Gasteiger partial charge in [-0.2, -0.15) is 11.3 Å². The molecule has 1 aliphatic rings. The third-order valence-electron chi connectivity index (χ3n) is 3.63. The molecule has 1 saturated carbocycles. The first-order valence-electron chi connectivity index (χ1n) is 6.71. The number of hydrogen-bond acceptors (Lipinski definition) is 4. The minimum Gasteiger partial charge on any atom is -0.477 e. The van der Waals surface area contributed by atoms with Gasteiger partial charge in [0.25, 0.3) is 0 Å². The molecule has 0 aromatic carbocycles. The Morgan fingerprint density at radius 1 is 1.45 bits per heavy atom. The van der Waals surface area contributed by atoms with Crippen molar-refractivity contribution in [1.82, 2.24) is 4.90 Å². The predicted octanol–water partition coefficient (Wildman–Crippen LogP) is 3.98. The first-order valence-corrected chi connectivity index (χ1v) is 8.47. The van der Waals surface area contributed by atoms with E-state index in [1.165, 1.54) is 29.7 Å². The molecule has 0 unspecified atom stereocenters.